The minimum atomic E-state index is -0.689. The van der Waals surface area contributed by atoms with Gasteiger partial charge in [-0.15, -0.1) is 0 Å². The Morgan fingerprint density at radius 2 is 2.00 bits per heavy atom. The fraction of sp³-hybridized carbons (Fsp3) is 0.227. The lowest BCUT2D eigenvalue weighted by Crippen LogP contribution is -2.27. The van der Waals surface area contributed by atoms with Crippen LogP contribution in [0.25, 0.3) is 11.0 Å². The summed E-state index contributed by atoms with van der Waals surface area (Å²) < 4.78 is 28.9. The number of amides is 1. The number of rotatable bonds is 6. The number of allylic oxidation sites excluding steroid dienone is 1. The van der Waals surface area contributed by atoms with Gasteiger partial charge in [-0.1, -0.05) is 12.2 Å². The Bertz CT molecular complexity index is 1220. The van der Waals surface area contributed by atoms with Crippen LogP contribution in [0.1, 0.15) is 36.6 Å². The van der Waals surface area contributed by atoms with Gasteiger partial charge < -0.3 is 0 Å². The largest absolute Gasteiger partial charge is 0.273 e. The van der Waals surface area contributed by atoms with Gasteiger partial charge in [-0.25, -0.2) is 18.8 Å². The number of carbonyl (C=O) groups is 1. The molecule has 31 heavy (non-hydrogen) atoms. The SMILES string of the molecule is C=C(CCC(=O)N1N=CCC1c1cc(F)cc(F)c1)Cn1ncc2nc(C#N)ccc21. The van der Waals surface area contributed by atoms with Crippen LogP contribution in [0, 0.1) is 23.0 Å². The Morgan fingerprint density at radius 1 is 1.23 bits per heavy atom. The van der Waals surface area contributed by atoms with E-state index in [1.54, 1.807) is 29.2 Å². The van der Waals surface area contributed by atoms with Crippen molar-refractivity contribution in [2.45, 2.75) is 31.8 Å². The molecule has 0 saturated heterocycles. The highest BCUT2D eigenvalue weighted by atomic mass is 19.1. The molecule has 0 spiro atoms. The molecule has 3 heterocycles. The first kappa shape index (κ1) is 20.3. The number of hydrazone groups is 1. The van der Waals surface area contributed by atoms with Crippen molar-refractivity contribution in [3.05, 3.63) is 71.6 Å². The van der Waals surface area contributed by atoms with Crippen LogP contribution in [-0.4, -0.2) is 31.9 Å². The maximum Gasteiger partial charge on any atom is 0.243 e. The monoisotopic (exact) mass is 420 g/mol. The van der Waals surface area contributed by atoms with Crippen molar-refractivity contribution in [3.63, 3.8) is 0 Å². The van der Waals surface area contributed by atoms with Gasteiger partial charge in [-0.3, -0.25) is 9.48 Å². The zero-order chi connectivity index (χ0) is 22.0. The van der Waals surface area contributed by atoms with Crippen LogP contribution in [0.2, 0.25) is 0 Å². The standard InChI is InChI=1S/C22H18F2N6O/c1-14(13-29-21-4-3-18(11-25)28-19(21)12-27-29)2-5-22(31)30-20(6-7-26-30)15-8-16(23)10-17(24)9-15/h3-4,7-10,12,20H,1-2,5-6,13H2. The van der Waals surface area contributed by atoms with Gasteiger partial charge in [0.2, 0.25) is 5.91 Å². The maximum atomic E-state index is 13.6. The lowest BCUT2D eigenvalue weighted by Gasteiger charge is -2.22. The van der Waals surface area contributed by atoms with E-state index >= 15 is 0 Å². The Balaban J connectivity index is 1.38. The second-order valence-electron chi connectivity index (χ2n) is 7.26. The van der Waals surface area contributed by atoms with Crippen LogP contribution in [0.4, 0.5) is 8.78 Å². The van der Waals surface area contributed by atoms with Crippen LogP contribution in [0.15, 0.2) is 53.8 Å². The summed E-state index contributed by atoms with van der Waals surface area (Å²) in [5, 5.41) is 18.6. The van der Waals surface area contributed by atoms with Crippen molar-refractivity contribution in [3.8, 4) is 6.07 Å². The number of benzene rings is 1. The summed E-state index contributed by atoms with van der Waals surface area (Å²) in [7, 11) is 0. The van der Waals surface area contributed by atoms with E-state index < -0.39 is 17.7 Å². The molecule has 1 atom stereocenters. The molecule has 0 aliphatic carbocycles. The molecular formula is C22H18F2N6O. The number of hydrogen-bond donors (Lipinski definition) is 0. The van der Waals surface area contributed by atoms with Gasteiger partial charge in [0.1, 0.15) is 28.9 Å². The number of hydrogen-bond acceptors (Lipinski definition) is 5. The summed E-state index contributed by atoms with van der Waals surface area (Å²) in [6.45, 7) is 4.42. The van der Waals surface area contributed by atoms with E-state index in [0.29, 0.717) is 36.2 Å². The van der Waals surface area contributed by atoms with Crippen molar-refractivity contribution >= 4 is 23.2 Å². The smallest absolute Gasteiger partial charge is 0.243 e. The summed E-state index contributed by atoms with van der Waals surface area (Å²) in [5.41, 5.74) is 2.84. The van der Waals surface area contributed by atoms with E-state index in [0.717, 1.165) is 17.2 Å². The topological polar surface area (TPSA) is 87.2 Å². The second kappa shape index (κ2) is 8.44. The summed E-state index contributed by atoms with van der Waals surface area (Å²) in [5.74, 6) is -1.63. The van der Waals surface area contributed by atoms with Crippen LogP contribution >= 0.6 is 0 Å². The summed E-state index contributed by atoms with van der Waals surface area (Å²) >= 11 is 0. The Hall–Kier alpha value is -3.93. The average molecular weight is 420 g/mol. The summed E-state index contributed by atoms with van der Waals surface area (Å²) in [4.78, 5) is 16.9. The molecule has 0 bridgehead atoms. The molecule has 7 nitrogen and oxygen atoms in total. The number of pyridine rings is 1. The Morgan fingerprint density at radius 3 is 2.74 bits per heavy atom. The molecule has 156 valence electrons. The van der Waals surface area contributed by atoms with E-state index in [-0.39, 0.29) is 12.3 Å². The van der Waals surface area contributed by atoms with E-state index in [9.17, 15) is 13.6 Å². The molecule has 4 rings (SSSR count). The molecule has 1 aromatic carbocycles. The fourth-order valence-electron chi connectivity index (χ4n) is 3.54. The van der Waals surface area contributed by atoms with E-state index in [1.807, 2.05) is 6.07 Å². The van der Waals surface area contributed by atoms with Gasteiger partial charge in [0, 0.05) is 25.1 Å². The average Bonchev–Trinajstić information content (AvgIpc) is 3.38. The molecule has 0 radical (unpaired) electrons. The van der Waals surface area contributed by atoms with E-state index in [2.05, 4.69) is 21.8 Å². The number of fused-ring (bicyclic) bond motifs is 1. The van der Waals surface area contributed by atoms with Crippen LogP contribution in [0.3, 0.4) is 0 Å². The molecule has 2 aromatic heterocycles. The fourth-order valence-corrected chi connectivity index (χ4v) is 3.54. The molecule has 1 aliphatic rings. The zero-order valence-corrected chi connectivity index (χ0v) is 16.5. The molecule has 1 amide bonds. The maximum absolute atomic E-state index is 13.6. The van der Waals surface area contributed by atoms with Gasteiger partial charge in [-0.2, -0.15) is 15.5 Å². The first-order valence-electron chi connectivity index (χ1n) is 9.64. The molecule has 9 heteroatoms. The van der Waals surface area contributed by atoms with Crippen LogP contribution in [0.5, 0.6) is 0 Å². The van der Waals surface area contributed by atoms with Gasteiger partial charge >= 0.3 is 0 Å². The Kier molecular flexibility index (Phi) is 5.54. The van der Waals surface area contributed by atoms with Crippen molar-refractivity contribution in [1.29, 1.82) is 5.26 Å². The number of carbonyl (C=O) groups excluding carboxylic acids is 1. The predicted octanol–water partition coefficient (Wildman–Crippen LogP) is 3.88. The number of nitrogens with zero attached hydrogens (tertiary/aromatic N) is 6. The summed E-state index contributed by atoms with van der Waals surface area (Å²) in [6, 6.07) is 8.09. The molecule has 0 N–H and O–H groups in total. The minimum absolute atomic E-state index is 0.153. The third-order valence-corrected chi connectivity index (χ3v) is 5.04. The molecule has 1 aliphatic heterocycles. The molecule has 1 unspecified atom stereocenters. The number of nitriles is 1. The highest BCUT2D eigenvalue weighted by Gasteiger charge is 2.28. The van der Waals surface area contributed by atoms with Crippen molar-refractivity contribution < 1.29 is 13.6 Å². The van der Waals surface area contributed by atoms with E-state index in [1.165, 1.54) is 17.1 Å². The minimum Gasteiger partial charge on any atom is -0.273 e. The second-order valence-corrected chi connectivity index (χ2v) is 7.26. The van der Waals surface area contributed by atoms with Crippen molar-refractivity contribution in [2.75, 3.05) is 0 Å². The third-order valence-electron chi connectivity index (χ3n) is 5.04. The van der Waals surface area contributed by atoms with Gasteiger partial charge in [-0.05, 0) is 36.2 Å². The van der Waals surface area contributed by atoms with Gasteiger partial charge in [0.25, 0.3) is 0 Å². The van der Waals surface area contributed by atoms with E-state index in [4.69, 9.17) is 5.26 Å². The van der Waals surface area contributed by atoms with Gasteiger partial charge in [0.05, 0.1) is 24.3 Å². The van der Waals surface area contributed by atoms with Gasteiger partial charge in [0.15, 0.2) is 0 Å². The lowest BCUT2D eigenvalue weighted by atomic mass is 10.0. The first-order valence-corrected chi connectivity index (χ1v) is 9.64. The molecular weight excluding hydrogens is 402 g/mol. The molecule has 0 fully saturated rings. The molecule has 0 saturated carbocycles. The quantitative estimate of drug-likeness (QED) is 0.567. The number of halogens is 2. The molecule has 3 aromatic rings. The highest BCUT2D eigenvalue weighted by molar-refractivity contribution is 5.80. The third kappa shape index (κ3) is 4.33. The summed E-state index contributed by atoms with van der Waals surface area (Å²) in [6.07, 6.45) is 4.10. The van der Waals surface area contributed by atoms with Crippen LogP contribution in [-0.2, 0) is 11.3 Å². The Labute approximate surface area is 176 Å². The zero-order valence-electron chi connectivity index (χ0n) is 16.5. The van der Waals surface area contributed by atoms with Crippen LogP contribution < -0.4 is 0 Å². The normalized spacial score (nSPS) is 15.4. The van der Waals surface area contributed by atoms with Crippen molar-refractivity contribution in [1.82, 2.24) is 19.8 Å². The lowest BCUT2D eigenvalue weighted by molar-refractivity contribution is -0.133. The first-order chi connectivity index (χ1) is 14.9. The highest BCUT2D eigenvalue weighted by Crippen LogP contribution is 2.30. The van der Waals surface area contributed by atoms with Crippen molar-refractivity contribution in [2.24, 2.45) is 5.10 Å². The number of aromatic nitrogens is 3. The predicted molar refractivity (Wildman–Crippen MR) is 110 cm³/mol.